The molecule has 0 aromatic heterocycles. The van der Waals surface area contributed by atoms with Gasteiger partial charge in [-0.3, -0.25) is 19.7 Å². The molecule has 1 heterocycles. The summed E-state index contributed by atoms with van der Waals surface area (Å²) in [6.45, 7) is 1.13. The van der Waals surface area contributed by atoms with Crippen LogP contribution in [0.15, 0.2) is 48.5 Å². The van der Waals surface area contributed by atoms with Crippen LogP contribution in [-0.2, 0) is 17.8 Å². The molecule has 1 aliphatic rings. The summed E-state index contributed by atoms with van der Waals surface area (Å²) >= 11 is 1.60. The van der Waals surface area contributed by atoms with E-state index in [2.05, 4.69) is 11.4 Å². The smallest absolute Gasteiger partial charge is 0.270 e. The Hall–Kier alpha value is -2.87. The number of fused-ring (bicyclic) bond motifs is 1. The van der Waals surface area contributed by atoms with Gasteiger partial charge in [0.25, 0.3) is 11.6 Å². The zero-order chi connectivity index (χ0) is 20.8. The van der Waals surface area contributed by atoms with Gasteiger partial charge in [-0.2, -0.15) is 11.8 Å². The van der Waals surface area contributed by atoms with Crippen molar-refractivity contribution >= 4 is 29.3 Å². The molecule has 0 radical (unpaired) electrons. The molecule has 0 aliphatic carbocycles. The maximum atomic E-state index is 13.1. The third kappa shape index (κ3) is 5.14. The molecular formula is C21H23N3O4S. The molecular weight excluding hydrogens is 390 g/mol. The Morgan fingerprint density at radius 3 is 2.69 bits per heavy atom. The van der Waals surface area contributed by atoms with Gasteiger partial charge in [-0.1, -0.05) is 30.3 Å². The lowest BCUT2D eigenvalue weighted by Crippen LogP contribution is -2.50. The van der Waals surface area contributed by atoms with Crippen molar-refractivity contribution in [3.8, 4) is 0 Å². The number of nitrogens with one attached hydrogen (secondary N) is 1. The molecule has 1 N–H and O–H groups in total. The average molecular weight is 413 g/mol. The third-order valence-electron chi connectivity index (χ3n) is 4.98. The summed E-state index contributed by atoms with van der Waals surface area (Å²) in [5, 5.41) is 13.8. The van der Waals surface area contributed by atoms with Crippen LogP contribution in [0.1, 0.15) is 27.9 Å². The van der Waals surface area contributed by atoms with Gasteiger partial charge in [0.2, 0.25) is 5.91 Å². The Kier molecular flexibility index (Phi) is 6.87. The molecule has 2 amide bonds. The predicted octanol–water partition coefficient (Wildman–Crippen LogP) is 3.03. The van der Waals surface area contributed by atoms with E-state index in [4.69, 9.17) is 0 Å². The van der Waals surface area contributed by atoms with Crippen LogP contribution in [-0.4, -0.2) is 46.2 Å². The number of rotatable bonds is 7. The molecule has 2 aromatic carbocycles. The predicted molar refractivity (Wildman–Crippen MR) is 113 cm³/mol. The van der Waals surface area contributed by atoms with Gasteiger partial charge in [-0.25, -0.2) is 0 Å². The molecule has 8 heteroatoms. The molecule has 152 valence electrons. The third-order valence-corrected chi connectivity index (χ3v) is 5.62. The molecule has 0 saturated carbocycles. The van der Waals surface area contributed by atoms with Gasteiger partial charge in [-0.05, 0) is 42.0 Å². The van der Waals surface area contributed by atoms with Gasteiger partial charge >= 0.3 is 0 Å². The second-order valence-electron chi connectivity index (χ2n) is 6.89. The summed E-state index contributed by atoms with van der Waals surface area (Å²) in [5.41, 5.74) is 2.39. The zero-order valence-electron chi connectivity index (χ0n) is 16.2. The summed E-state index contributed by atoms with van der Waals surface area (Å²) in [7, 11) is 0. The second-order valence-corrected chi connectivity index (χ2v) is 7.88. The standard InChI is InChI=1S/C21H23N3O4S/c1-29-12-10-19(22-20(25)16-7-4-8-18(13-16)24(27)28)21(26)23-11-9-15-5-2-3-6-17(15)14-23/h2-8,13,19H,9-12,14H2,1H3,(H,22,25). The van der Waals surface area contributed by atoms with Crippen LogP contribution in [0.5, 0.6) is 0 Å². The molecule has 0 saturated heterocycles. The molecule has 0 fully saturated rings. The number of nitro benzene ring substituents is 1. The number of hydrogen-bond acceptors (Lipinski definition) is 5. The first-order valence-electron chi connectivity index (χ1n) is 9.39. The summed E-state index contributed by atoms with van der Waals surface area (Å²) in [6.07, 6.45) is 3.23. The number of non-ortho nitro benzene ring substituents is 1. The topological polar surface area (TPSA) is 92.5 Å². The molecule has 3 rings (SSSR count). The van der Waals surface area contributed by atoms with E-state index in [0.717, 1.165) is 17.7 Å². The summed E-state index contributed by atoms with van der Waals surface area (Å²) < 4.78 is 0. The molecule has 29 heavy (non-hydrogen) atoms. The lowest BCUT2D eigenvalue weighted by atomic mass is 9.99. The minimum atomic E-state index is -0.667. The Labute approximate surface area is 173 Å². The van der Waals surface area contributed by atoms with Crippen molar-refractivity contribution in [3.63, 3.8) is 0 Å². The van der Waals surface area contributed by atoms with E-state index in [1.807, 2.05) is 24.5 Å². The van der Waals surface area contributed by atoms with E-state index < -0.39 is 16.9 Å². The SMILES string of the molecule is CSCCC(NC(=O)c1cccc([N+](=O)[O-])c1)C(=O)N1CCc2ccccc2C1. The maximum absolute atomic E-state index is 13.1. The monoisotopic (exact) mass is 413 g/mol. The van der Waals surface area contributed by atoms with E-state index in [9.17, 15) is 19.7 Å². The van der Waals surface area contributed by atoms with Gasteiger partial charge < -0.3 is 10.2 Å². The number of nitro groups is 1. The Morgan fingerprint density at radius 1 is 1.21 bits per heavy atom. The van der Waals surface area contributed by atoms with Crippen molar-refractivity contribution in [1.82, 2.24) is 10.2 Å². The van der Waals surface area contributed by atoms with Gasteiger partial charge in [0.05, 0.1) is 4.92 Å². The number of nitrogens with zero attached hydrogens (tertiary/aromatic N) is 2. The minimum Gasteiger partial charge on any atom is -0.340 e. The van der Waals surface area contributed by atoms with Gasteiger partial charge in [0.1, 0.15) is 6.04 Å². The van der Waals surface area contributed by atoms with E-state index in [1.165, 1.54) is 29.8 Å². The number of thioether (sulfide) groups is 1. The van der Waals surface area contributed by atoms with Crippen molar-refractivity contribution < 1.29 is 14.5 Å². The largest absolute Gasteiger partial charge is 0.340 e. The molecule has 0 spiro atoms. The second kappa shape index (κ2) is 9.56. The van der Waals surface area contributed by atoms with E-state index >= 15 is 0 Å². The zero-order valence-corrected chi connectivity index (χ0v) is 17.0. The Morgan fingerprint density at radius 2 is 1.97 bits per heavy atom. The molecule has 1 aliphatic heterocycles. The first-order chi connectivity index (χ1) is 14.0. The average Bonchev–Trinajstić information content (AvgIpc) is 2.75. The van der Waals surface area contributed by atoms with Crippen molar-refractivity contribution in [1.29, 1.82) is 0 Å². The fourth-order valence-corrected chi connectivity index (χ4v) is 3.87. The van der Waals surface area contributed by atoms with Crippen LogP contribution in [0, 0.1) is 10.1 Å². The molecule has 0 bridgehead atoms. The number of amides is 2. The number of benzene rings is 2. The van der Waals surface area contributed by atoms with Crippen LogP contribution in [0.25, 0.3) is 0 Å². The highest BCUT2D eigenvalue weighted by Crippen LogP contribution is 2.20. The summed E-state index contributed by atoms with van der Waals surface area (Å²) in [4.78, 5) is 38.0. The van der Waals surface area contributed by atoms with Crippen LogP contribution < -0.4 is 5.32 Å². The fourth-order valence-electron chi connectivity index (χ4n) is 3.40. The fraction of sp³-hybridized carbons (Fsp3) is 0.333. The van der Waals surface area contributed by atoms with E-state index in [-0.39, 0.29) is 17.2 Å². The van der Waals surface area contributed by atoms with Gasteiger partial charge in [0.15, 0.2) is 0 Å². The number of carbonyl (C=O) groups excluding carboxylic acids is 2. The van der Waals surface area contributed by atoms with E-state index in [0.29, 0.717) is 19.5 Å². The lowest BCUT2D eigenvalue weighted by molar-refractivity contribution is -0.384. The maximum Gasteiger partial charge on any atom is 0.270 e. The highest BCUT2D eigenvalue weighted by atomic mass is 32.2. The highest BCUT2D eigenvalue weighted by Gasteiger charge is 2.28. The lowest BCUT2D eigenvalue weighted by Gasteiger charge is -2.32. The quantitative estimate of drug-likeness (QED) is 0.556. The van der Waals surface area contributed by atoms with Crippen LogP contribution in [0.2, 0.25) is 0 Å². The van der Waals surface area contributed by atoms with E-state index in [1.54, 1.807) is 16.7 Å². The summed E-state index contributed by atoms with van der Waals surface area (Å²) in [6, 6.07) is 12.9. The van der Waals surface area contributed by atoms with Crippen LogP contribution >= 0.6 is 11.8 Å². The van der Waals surface area contributed by atoms with Crippen molar-refractivity contribution in [2.45, 2.75) is 25.4 Å². The summed E-state index contributed by atoms with van der Waals surface area (Å²) in [5.74, 6) is 0.119. The number of hydrogen-bond donors (Lipinski definition) is 1. The normalized spacial score (nSPS) is 14.0. The number of carbonyl (C=O) groups is 2. The Bertz CT molecular complexity index is 918. The molecule has 7 nitrogen and oxygen atoms in total. The minimum absolute atomic E-state index is 0.118. The van der Waals surface area contributed by atoms with Crippen LogP contribution in [0.3, 0.4) is 0 Å². The highest BCUT2D eigenvalue weighted by molar-refractivity contribution is 7.98. The Balaban J connectivity index is 1.74. The first-order valence-corrected chi connectivity index (χ1v) is 10.8. The van der Waals surface area contributed by atoms with Crippen molar-refractivity contribution in [2.24, 2.45) is 0 Å². The van der Waals surface area contributed by atoms with Crippen molar-refractivity contribution in [2.75, 3.05) is 18.6 Å². The molecule has 1 unspecified atom stereocenters. The van der Waals surface area contributed by atoms with Gasteiger partial charge in [-0.15, -0.1) is 0 Å². The van der Waals surface area contributed by atoms with Crippen LogP contribution in [0.4, 0.5) is 5.69 Å². The van der Waals surface area contributed by atoms with Crippen molar-refractivity contribution in [3.05, 3.63) is 75.3 Å². The molecule has 2 aromatic rings. The van der Waals surface area contributed by atoms with Gasteiger partial charge in [0, 0.05) is 30.8 Å². The molecule has 1 atom stereocenters. The first kappa shape index (κ1) is 20.9.